The molecular formula is C10H5Cl2F3N4O. The van der Waals surface area contributed by atoms with Gasteiger partial charge >= 0.3 is 6.36 Å². The van der Waals surface area contributed by atoms with Crippen molar-refractivity contribution in [2.24, 2.45) is 0 Å². The quantitative estimate of drug-likeness (QED) is 0.930. The Hall–Kier alpha value is -1.80. The van der Waals surface area contributed by atoms with Crippen LogP contribution in [0.15, 0.2) is 24.3 Å². The summed E-state index contributed by atoms with van der Waals surface area (Å²) in [4.78, 5) is 3.72. The molecule has 0 bridgehead atoms. The normalized spacial score (nSPS) is 11.2. The van der Waals surface area contributed by atoms with E-state index in [1.54, 1.807) is 0 Å². The lowest BCUT2D eigenvalue weighted by Gasteiger charge is -2.14. The first-order valence-corrected chi connectivity index (χ1v) is 5.78. The van der Waals surface area contributed by atoms with Gasteiger partial charge in [0.05, 0.1) is 5.69 Å². The molecule has 0 aliphatic rings. The zero-order chi connectivity index (χ0) is 14.8. The van der Waals surface area contributed by atoms with Crippen molar-refractivity contribution in [3.05, 3.63) is 34.7 Å². The summed E-state index contributed by atoms with van der Waals surface area (Å²) in [6, 6.07) is 5.39. The summed E-state index contributed by atoms with van der Waals surface area (Å²) >= 11 is 11.2. The predicted octanol–water partition coefficient (Wildman–Crippen LogP) is 3.82. The first-order chi connectivity index (χ1) is 9.35. The minimum absolute atomic E-state index is 0.00305. The number of nitrogens with zero attached hydrogens (tertiary/aromatic N) is 3. The van der Waals surface area contributed by atoms with Crippen LogP contribution in [0.4, 0.5) is 24.7 Å². The SMILES string of the molecule is FC(F)(F)Oc1ccccc1Nc1nc(Cl)nnc1Cl. The van der Waals surface area contributed by atoms with Gasteiger partial charge in [0.25, 0.3) is 0 Å². The molecule has 0 radical (unpaired) electrons. The number of hydrogen-bond donors (Lipinski definition) is 1. The molecule has 1 N–H and O–H groups in total. The minimum Gasteiger partial charge on any atom is -0.404 e. The number of aromatic nitrogens is 3. The summed E-state index contributed by atoms with van der Waals surface area (Å²) in [7, 11) is 0. The van der Waals surface area contributed by atoms with E-state index in [2.05, 4.69) is 25.2 Å². The summed E-state index contributed by atoms with van der Waals surface area (Å²) < 4.78 is 40.7. The fourth-order valence-electron chi connectivity index (χ4n) is 1.28. The molecule has 10 heteroatoms. The Morgan fingerprint density at radius 1 is 1.10 bits per heavy atom. The van der Waals surface area contributed by atoms with Crippen LogP contribution in [-0.4, -0.2) is 21.5 Å². The summed E-state index contributed by atoms with van der Waals surface area (Å²) in [5.74, 6) is -0.476. The molecule has 2 aromatic rings. The van der Waals surface area contributed by atoms with Gasteiger partial charge in [0.15, 0.2) is 16.7 Å². The van der Waals surface area contributed by atoms with Crippen LogP contribution >= 0.6 is 23.2 Å². The standard InChI is InChI=1S/C10H5Cl2F3N4O/c11-7-8(17-9(12)19-18-7)16-5-3-1-2-4-6(5)20-10(13,14)15/h1-4H,(H,16,17,19). The molecular weight excluding hydrogens is 320 g/mol. The molecule has 0 fully saturated rings. The van der Waals surface area contributed by atoms with Crippen LogP contribution in [-0.2, 0) is 0 Å². The molecule has 0 aliphatic heterocycles. The Balaban J connectivity index is 2.32. The van der Waals surface area contributed by atoms with Gasteiger partial charge in [-0.25, -0.2) is 0 Å². The Labute approximate surface area is 120 Å². The van der Waals surface area contributed by atoms with Crippen molar-refractivity contribution in [2.45, 2.75) is 6.36 Å². The van der Waals surface area contributed by atoms with Crippen molar-refractivity contribution < 1.29 is 17.9 Å². The summed E-state index contributed by atoms with van der Waals surface area (Å²) in [5.41, 5.74) is 0.00305. The number of hydrogen-bond acceptors (Lipinski definition) is 5. The predicted molar refractivity (Wildman–Crippen MR) is 66.3 cm³/mol. The molecule has 0 unspecified atom stereocenters. The summed E-state index contributed by atoms with van der Waals surface area (Å²) in [6.07, 6.45) is -4.82. The summed E-state index contributed by atoms with van der Waals surface area (Å²) in [6.45, 7) is 0. The lowest BCUT2D eigenvalue weighted by Crippen LogP contribution is -2.18. The highest BCUT2D eigenvalue weighted by Gasteiger charge is 2.32. The molecule has 0 aliphatic carbocycles. The molecule has 0 atom stereocenters. The molecule has 1 heterocycles. The lowest BCUT2D eigenvalue weighted by molar-refractivity contribution is -0.274. The topological polar surface area (TPSA) is 59.9 Å². The number of para-hydroxylation sites is 2. The average molecular weight is 325 g/mol. The minimum atomic E-state index is -4.82. The maximum absolute atomic E-state index is 12.3. The number of anilines is 2. The smallest absolute Gasteiger partial charge is 0.404 e. The first kappa shape index (κ1) is 14.6. The van der Waals surface area contributed by atoms with E-state index in [1.807, 2.05) is 0 Å². The average Bonchev–Trinajstić information content (AvgIpc) is 2.34. The van der Waals surface area contributed by atoms with Crippen molar-refractivity contribution in [1.29, 1.82) is 0 Å². The van der Waals surface area contributed by atoms with E-state index >= 15 is 0 Å². The zero-order valence-corrected chi connectivity index (χ0v) is 11.0. The number of alkyl halides is 3. The molecule has 0 saturated heterocycles. The molecule has 1 aromatic heterocycles. The van der Waals surface area contributed by atoms with Crippen molar-refractivity contribution >= 4 is 34.7 Å². The van der Waals surface area contributed by atoms with Gasteiger partial charge in [-0.15, -0.1) is 23.4 Å². The van der Waals surface area contributed by atoms with Gasteiger partial charge in [-0.1, -0.05) is 23.7 Å². The van der Waals surface area contributed by atoms with E-state index < -0.39 is 12.1 Å². The van der Waals surface area contributed by atoms with Crippen LogP contribution in [0.5, 0.6) is 5.75 Å². The third-order valence-corrected chi connectivity index (χ3v) is 2.40. The largest absolute Gasteiger partial charge is 0.573 e. The van der Waals surface area contributed by atoms with E-state index in [0.717, 1.165) is 6.07 Å². The van der Waals surface area contributed by atoms with Gasteiger partial charge in [-0.3, -0.25) is 0 Å². The van der Waals surface area contributed by atoms with Crippen LogP contribution in [0.25, 0.3) is 0 Å². The van der Waals surface area contributed by atoms with Crippen LogP contribution in [0.3, 0.4) is 0 Å². The fourth-order valence-corrected chi connectivity index (χ4v) is 1.53. The van der Waals surface area contributed by atoms with Crippen molar-refractivity contribution in [3.8, 4) is 5.75 Å². The number of ether oxygens (including phenoxy) is 1. The van der Waals surface area contributed by atoms with Crippen LogP contribution in [0.2, 0.25) is 10.4 Å². The van der Waals surface area contributed by atoms with E-state index in [1.165, 1.54) is 18.2 Å². The van der Waals surface area contributed by atoms with E-state index in [4.69, 9.17) is 23.2 Å². The van der Waals surface area contributed by atoms with Gasteiger partial charge in [-0.05, 0) is 23.7 Å². The van der Waals surface area contributed by atoms with Gasteiger partial charge in [0, 0.05) is 0 Å². The maximum Gasteiger partial charge on any atom is 0.573 e. The van der Waals surface area contributed by atoms with E-state index in [-0.39, 0.29) is 21.9 Å². The second-order valence-corrected chi connectivity index (χ2v) is 4.09. The van der Waals surface area contributed by atoms with Gasteiger partial charge in [-0.2, -0.15) is 4.98 Å². The highest BCUT2D eigenvalue weighted by atomic mass is 35.5. The molecule has 0 spiro atoms. The van der Waals surface area contributed by atoms with Gasteiger partial charge in [0.2, 0.25) is 5.28 Å². The number of rotatable bonds is 3. The zero-order valence-electron chi connectivity index (χ0n) is 9.45. The van der Waals surface area contributed by atoms with Crippen molar-refractivity contribution in [2.75, 3.05) is 5.32 Å². The second-order valence-electron chi connectivity index (χ2n) is 3.39. The molecule has 2 rings (SSSR count). The number of benzene rings is 1. The Kier molecular flexibility index (Phi) is 4.15. The molecule has 5 nitrogen and oxygen atoms in total. The van der Waals surface area contributed by atoms with Crippen molar-refractivity contribution in [1.82, 2.24) is 15.2 Å². The van der Waals surface area contributed by atoms with Crippen LogP contribution in [0, 0.1) is 0 Å². The Morgan fingerprint density at radius 3 is 2.50 bits per heavy atom. The molecule has 1 aromatic carbocycles. The monoisotopic (exact) mass is 324 g/mol. The molecule has 0 amide bonds. The molecule has 20 heavy (non-hydrogen) atoms. The fraction of sp³-hybridized carbons (Fsp3) is 0.100. The summed E-state index contributed by atoms with van der Waals surface area (Å²) in [5, 5.41) is 9.06. The molecule has 106 valence electrons. The van der Waals surface area contributed by atoms with E-state index in [9.17, 15) is 13.2 Å². The van der Waals surface area contributed by atoms with Crippen LogP contribution in [0.1, 0.15) is 0 Å². The first-order valence-electron chi connectivity index (χ1n) is 5.02. The third-order valence-electron chi connectivity index (χ3n) is 1.99. The Bertz CT molecular complexity index is 624. The second kappa shape index (κ2) is 5.68. The Morgan fingerprint density at radius 2 is 1.80 bits per heavy atom. The lowest BCUT2D eigenvalue weighted by atomic mass is 10.3. The van der Waals surface area contributed by atoms with Crippen molar-refractivity contribution in [3.63, 3.8) is 0 Å². The maximum atomic E-state index is 12.3. The van der Waals surface area contributed by atoms with Gasteiger partial charge < -0.3 is 10.1 Å². The third kappa shape index (κ3) is 3.84. The number of halogens is 5. The van der Waals surface area contributed by atoms with Gasteiger partial charge in [0.1, 0.15) is 0 Å². The highest BCUT2D eigenvalue weighted by Crippen LogP contribution is 2.32. The van der Waals surface area contributed by atoms with E-state index in [0.29, 0.717) is 0 Å². The highest BCUT2D eigenvalue weighted by molar-refractivity contribution is 6.32. The van der Waals surface area contributed by atoms with Crippen LogP contribution < -0.4 is 10.1 Å². The number of nitrogens with one attached hydrogen (secondary N) is 1. The molecule has 0 saturated carbocycles.